The lowest BCUT2D eigenvalue weighted by Crippen LogP contribution is -2.37. The summed E-state index contributed by atoms with van der Waals surface area (Å²) >= 11 is 0. The molecule has 0 saturated carbocycles. The molecule has 1 aromatic heterocycles. The minimum Gasteiger partial charge on any atom is -0.478 e. The fourth-order valence-corrected chi connectivity index (χ4v) is 4.93. The quantitative estimate of drug-likeness (QED) is 0.768. The number of ether oxygens (including phenoxy) is 1. The van der Waals surface area contributed by atoms with Gasteiger partial charge in [-0.05, 0) is 38.0 Å². The number of benzene rings is 1. The van der Waals surface area contributed by atoms with Crippen LogP contribution in [0.5, 0.6) is 5.88 Å². The maximum Gasteiger partial charge on any atom is 0.252 e. The summed E-state index contributed by atoms with van der Waals surface area (Å²) in [4.78, 5) is 17.0. The summed E-state index contributed by atoms with van der Waals surface area (Å²) < 4.78 is 33.0. The first kappa shape index (κ1) is 20.3. The van der Waals surface area contributed by atoms with Gasteiger partial charge in [0.1, 0.15) is 0 Å². The van der Waals surface area contributed by atoms with Crippen molar-refractivity contribution in [3.8, 4) is 5.88 Å². The molecule has 1 fully saturated rings. The van der Waals surface area contributed by atoms with E-state index < -0.39 is 15.9 Å². The third-order valence-electron chi connectivity index (χ3n) is 4.63. The molecule has 3 rings (SSSR count). The Hall–Kier alpha value is -2.45. The first-order chi connectivity index (χ1) is 13.5. The number of hydrogen-bond donors (Lipinski definition) is 1. The maximum absolute atomic E-state index is 13.0. The molecule has 1 aliphatic heterocycles. The molecule has 0 atom stereocenters. The fraction of sp³-hybridized carbons (Fsp3) is 0.400. The summed E-state index contributed by atoms with van der Waals surface area (Å²) in [5.41, 5.74) is 0.879. The van der Waals surface area contributed by atoms with E-state index >= 15 is 0 Å². The Morgan fingerprint density at radius 1 is 1.14 bits per heavy atom. The van der Waals surface area contributed by atoms with E-state index in [1.807, 2.05) is 13.0 Å². The van der Waals surface area contributed by atoms with Crippen LogP contribution in [0.1, 0.15) is 42.1 Å². The van der Waals surface area contributed by atoms with Crippen molar-refractivity contribution in [2.75, 3.05) is 19.7 Å². The summed E-state index contributed by atoms with van der Waals surface area (Å²) in [6.45, 7) is 3.51. The lowest BCUT2D eigenvalue weighted by molar-refractivity contribution is 0.0947. The van der Waals surface area contributed by atoms with Crippen molar-refractivity contribution >= 4 is 15.9 Å². The largest absolute Gasteiger partial charge is 0.478 e. The highest BCUT2D eigenvalue weighted by Crippen LogP contribution is 2.24. The second-order valence-electron chi connectivity index (χ2n) is 6.54. The number of nitrogens with zero attached hydrogens (tertiary/aromatic N) is 2. The normalized spacial score (nSPS) is 15.2. The number of amides is 1. The number of carbonyl (C=O) groups excluding carboxylic acids is 1. The number of sulfonamides is 1. The monoisotopic (exact) mass is 403 g/mol. The number of rotatable bonds is 7. The predicted molar refractivity (Wildman–Crippen MR) is 106 cm³/mol. The number of carbonyl (C=O) groups is 1. The summed E-state index contributed by atoms with van der Waals surface area (Å²) in [6.07, 6.45) is 4.34. The van der Waals surface area contributed by atoms with Crippen molar-refractivity contribution < 1.29 is 17.9 Å². The van der Waals surface area contributed by atoms with Gasteiger partial charge >= 0.3 is 0 Å². The topological polar surface area (TPSA) is 88.6 Å². The van der Waals surface area contributed by atoms with Gasteiger partial charge in [0.2, 0.25) is 15.9 Å². The Labute approximate surface area is 165 Å². The van der Waals surface area contributed by atoms with Gasteiger partial charge in [0.25, 0.3) is 5.91 Å². The van der Waals surface area contributed by atoms with Crippen LogP contribution in [0.25, 0.3) is 0 Å². The molecule has 1 saturated heterocycles. The summed E-state index contributed by atoms with van der Waals surface area (Å²) in [5, 5.41) is 2.79. The number of hydrogen-bond acceptors (Lipinski definition) is 5. The van der Waals surface area contributed by atoms with Crippen LogP contribution in [-0.2, 0) is 16.6 Å². The van der Waals surface area contributed by atoms with Gasteiger partial charge in [-0.25, -0.2) is 13.4 Å². The van der Waals surface area contributed by atoms with Crippen molar-refractivity contribution in [1.29, 1.82) is 0 Å². The van der Waals surface area contributed by atoms with E-state index in [0.29, 0.717) is 25.6 Å². The highest BCUT2D eigenvalue weighted by Gasteiger charge is 2.29. The molecule has 0 aliphatic carbocycles. The Bertz CT molecular complexity index is 925. The zero-order valence-corrected chi connectivity index (χ0v) is 16.7. The molecule has 0 bridgehead atoms. The molecule has 0 radical (unpaired) electrons. The lowest BCUT2D eigenvalue weighted by Gasteiger charge is -2.26. The van der Waals surface area contributed by atoms with Gasteiger partial charge in [0.05, 0.1) is 17.1 Å². The number of aromatic nitrogens is 1. The average molecular weight is 404 g/mol. The molecule has 1 aromatic carbocycles. The van der Waals surface area contributed by atoms with E-state index in [1.54, 1.807) is 30.5 Å². The second kappa shape index (κ2) is 9.16. The molecule has 1 aliphatic rings. The van der Waals surface area contributed by atoms with Crippen molar-refractivity contribution in [3.63, 3.8) is 0 Å². The fourth-order valence-electron chi connectivity index (χ4n) is 3.22. The average Bonchev–Trinajstić information content (AvgIpc) is 2.74. The van der Waals surface area contributed by atoms with Crippen molar-refractivity contribution in [2.24, 2.45) is 0 Å². The highest BCUT2D eigenvalue weighted by atomic mass is 32.2. The molecule has 28 heavy (non-hydrogen) atoms. The van der Waals surface area contributed by atoms with E-state index in [2.05, 4.69) is 10.3 Å². The Morgan fingerprint density at radius 2 is 1.89 bits per heavy atom. The van der Waals surface area contributed by atoms with Crippen LogP contribution in [0, 0.1) is 0 Å². The molecule has 0 unspecified atom stereocenters. The van der Waals surface area contributed by atoms with Crippen molar-refractivity contribution in [3.05, 3.63) is 53.7 Å². The number of nitrogens with one attached hydrogen (secondary N) is 1. The first-order valence-corrected chi connectivity index (χ1v) is 10.9. The first-order valence-electron chi connectivity index (χ1n) is 9.48. The highest BCUT2D eigenvalue weighted by molar-refractivity contribution is 7.89. The lowest BCUT2D eigenvalue weighted by atomic mass is 10.2. The van der Waals surface area contributed by atoms with Gasteiger partial charge in [-0.15, -0.1) is 0 Å². The maximum atomic E-state index is 13.0. The summed E-state index contributed by atoms with van der Waals surface area (Å²) in [5.74, 6) is 0.0157. The van der Waals surface area contributed by atoms with Crippen molar-refractivity contribution in [1.82, 2.24) is 14.6 Å². The van der Waals surface area contributed by atoms with Crippen LogP contribution in [-0.4, -0.2) is 43.3 Å². The number of pyridine rings is 1. The summed E-state index contributed by atoms with van der Waals surface area (Å²) in [7, 11) is -3.70. The van der Waals surface area contributed by atoms with Gasteiger partial charge in [-0.2, -0.15) is 4.31 Å². The molecule has 2 aromatic rings. The van der Waals surface area contributed by atoms with Gasteiger partial charge in [0, 0.05) is 31.4 Å². The SMILES string of the molecule is CCOc1ncccc1CNC(=O)c1ccccc1S(=O)(=O)N1CCCCC1. The van der Waals surface area contributed by atoms with E-state index in [1.165, 1.54) is 10.4 Å². The van der Waals surface area contributed by atoms with Crippen LogP contribution in [0.2, 0.25) is 0 Å². The van der Waals surface area contributed by atoms with E-state index in [9.17, 15) is 13.2 Å². The van der Waals surface area contributed by atoms with Gasteiger partial charge in [-0.1, -0.05) is 24.6 Å². The molecule has 0 spiro atoms. The summed E-state index contributed by atoms with van der Waals surface area (Å²) in [6, 6.07) is 9.92. The Kier molecular flexibility index (Phi) is 6.64. The molecule has 7 nitrogen and oxygen atoms in total. The van der Waals surface area contributed by atoms with Gasteiger partial charge in [0.15, 0.2) is 0 Å². The van der Waals surface area contributed by atoms with Crippen LogP contribution in [0.4, 0.5) is 0 Å². The smallest absolute Gasteiger partial charge is 0.252 e. The third kappa shape index (κ3) is 4.51. The van der Waals surface area contributed by atoms with E-state index in [0.717, 1.165) is 24.8 Å². The molecule has 2 heterocycles. The van der Waals surface area contributed by atoms with Crippen LogP contribution in [0.15, 0.2) is 47.5 Å². The Morgan fingerprint density at radius 3 is 2.64 bits per heavy atom. The number of piperidine rings is 1. The van der Waals surface area contributed by atoms with E-state index in [4.69, 9.17) is 4.74 Å². The molecule has 1 N–H and O–H groups in total. The predicted octanol–water partition coefficient (Wildman–Crippen LogP) is 2.58. The zero-order chi connectivity index (χ0) is 20.0. The van der Waals surface area contributed by atoms with Crippen LogP contribution < -0.4 is 10.1 Å². The van der Waals surface area contributed by atoms with E-state index in [-0.39, 0.29) is 17.0 Å². The van der Waals surface area contributed by atoms with Gasteiger partial charge in [-0.3, -0.25) is 4.79 Å². The molecule has 8 heteroatoms. The molecule has 150 valence electrons. The third-order valence-corrected chi connectivity index (χ3v) is 6.59. The molecular weight excluding hydrogens is 378 g/mol. The second-order valence-corrected chi connectivity index (χ2v) is 8.45. The molecule has 1 amide bonds. The minimum atomic E-state index is -3.70. The van der Waals surface area contributed by atoms with Crippen molar-refractivity contribution in [2.45, 2.75) is 37.6 Å². The zero-order valence-electron chi connectivity index (χ0n) is 15.9. The standard InChI is InChI=1S/C20H25N3O4S/c1-2-27-20-16(9-8-12-21-20)15-22-19(24)17-10-4-5-11-18(17)28(25,26)23-13-6-3-7-14-23/h4-5,8-12H,2-3,6-7,13-15H2,1H3,(H,22,24). The minimum absolute atomic E-state index is 0.0469. The Balaban J connectivity index is 1.80. The van der Waals surface area contributed by atoms with Gasteiger partial charge < -0.3 is 10.1 Å². The molecular formula is C20H25N3O4S. The van der Waals surface area contributed by atoms with Crippen LogP contribution >= 0.6 is 0 Å². The van der Waals surface area contributed by atoms with Crippen LogP contribution in [0.3, 0.4) is 0 Å².